The van der Waals surface area contributed by atoms with Crippen LogP contribution in [0, 0.1) is 34.6 Å². The Morgan fingerprint density at radius 1 is 0.806 bits per heavy atom. The van der Waals surface area contributed by atoms with Gasteiger partial charge >= 0.3 is 0 Å². The molecule has 0 bridgehead atoms. The fourth-order valence-corrected chi connectivity index (χ4v) is 5.46. The molecule has 0 aliphatic carbocycles. The number of anilines is 2. The van der Waals surface area contributed by atoms with Gasteiger partial charge in [0.25, 0.3) is 17.7 Å². The molecule has 0 saturated heterocycles. The van der Waals surface area contributed by atoms with E-state index >= 15 is 0 Å². The average Bonchev–Trinajstić information content (AvgIpc) is 3.37. The number of benzene rings is 3. The number of carbonyl (C=O) groups is 3. The molecule has 1 aromatic heterocycles. The van der Waals surface area contributed by atoms with Crippen LogP contribution in [-0.4, -0.2) is 22.7 Å². The van der Waals surface area contributed by atoms with E-state index in [2.05, 4.69) is 43.2 Å². The predicted octanol–water partition coefficient (Wildman–Crippen LogP) is 6.41. The molecule has 7 heteroatoms. The Balaban J connectivity index is 1.40. The molecule has 0 saturated carbocycles. The number of hydrogen-bond donors (Lipinski definition) is 1. The predicted molar refractivity (Wildman–Crippen MR) is 143 cm³/mol. The van der Waals surface area contributed by atoms with Gasteiger partial charge in [0.05, 0.1) is 22.5 Å². The van der Waals surface area contributed by atoms with Gasteiger partial charge in [-0.15, -0.1) is 11.3 Å². The fraction of sp³-hybridized carbons (Fsp3) is 0.172. The van der Waals surface area contributed by atoms with Gasteiger partial charge in [0, 0.05) is 16.5 Å². The Hall–Kier alpha value is -4.10. The van der Waals surface area contributed by atoms with Crippen LogP contribution in [0.15, 0.2) is 53.9 Å². The molecule has 0 unspecified atom stereocenters. The summed E-state index contributed by atoms with van der Waals surface area (Å²) in [5, 5.41) is 5.22. The molecule has 0 fully saturated rings. The van der Waals surface area contributed by atoms with Crippen LogP contribution in [0.25, 0.3) is 11.3 Å². The molecule has 1 N–H and O–H groups in total. The third kappa shape index (κ3) is 4.01. The highest BCUT2D eigenvalue weighted by Gasteiger charge is 2.37. The lowest BCUT2D eigenvalue weighted by Gasteiger charge is -2.17. The molecular weight excluding hydrogens is 470 g/mol. The van der Waals surface area contributed by atoms with Crippen LogP contribution in [-0.2, 0) is 0 Å². The highest BCUT2D eigenvalue weighted by Crippen LogP contribution is 2.33. The van der Waals surface area contributed by atoms with Crippen LogP contribution in [0.4, 0.5) is 10.8 Å². The number of aryl methyl sites for hydroxylation is 5. The summed E-state index contributed by atoms with van der Waals surface area (Å²) in [7, 11) is 0. The van der Waals surface area contributed by atoms with Gasteiger partial charge in [-0.2, -0.15) is 0 Å². The summed E-state index contributed by atoms with van der Waals surface area (Å²) >= 11 is 1.34. The molecule has 0 radical (unpaired) electrons. The monoisotopic (exact) mass is 495 g/mol. The van der Waals surface area contributed by atoms with Crippen LogP contribution < -0.4 is 10.2 Å². The summed E-state index contributed by atoms with van der Waals surface area (Å²) in [6.07, 6.45) is 0. The van der Waals surface area contributed by atoms with Crippen molar-refractivity contribution in [1.82, 2.24) is 4.98 Å². The maximum atomic E-state index is 13.2. The molecule has 4 aromatic rings. The van der Waals surface area contributed by atoms with E-state index in [1.54, 1.807) is 12.1 Å². The van der Waals surface area contributed by atoms with Crippen molar-refractivity contribution in [2.24, 2.45) is 0 Å². The van der Waals surface area contributed by atoms with Crippen LogP contribution in [0.3, 0.4) is 0 Å². The largest absolute Gasteiger partial charge is 0.298 e. The van der Waals surface area contributed by atoms with E-state index in [0.717, 1.165) is 33.5 Å². The van der Waals surface area contributed by atoms with Crippen molar-refractivity contribution in [1.29, 1.82) is 0 Å². The molecule has 180 valence electrons. The number of amides is 3. The minimum Gasteiger partial charge on any atom is -0.298 e. The third-order valence-electron chi connectivity index (χ3n) is 6.41. The molecule has 1 aliphatic rings. The minimum atomic E-state index is -0.430. The van der Waals surface area contributed by atoms with E-state index in [0.29, 0.717) is 16.4 Å². The van der Waals surface area contributed by atoms with Gasteiger partial charge in [-0.05, 0) is 81.1 Å². The van der Waals surface area contributed by atoms with Crippen molar-refractivity contribution in [2.75, 3.05) is 10.2 Å². The lowest BCUT2D eigenvalue weighted by Crippen LogP contribution is -2.30. The number of fused-ring (bicyclic) bond motifs is 1. The molecule has 1 aliphatic heterocycles. The number of imide groups is 1. The first-order chi connectivity index (χ1) is 17.1. The summed E-state index contributed by atoms with van der Waals surface area (Å²) in [6.45, 7) is 9.94. The Morgan fingerprint density at radius 3 is 2.22 bits per heavy atom. The van der Waals surface area contributed by atoms with Gasteiger partial charge in [0.15, 0.2) is 5.13 Å². The van der Waals surface area contributed by atoms with Crippen molar-refractivity contribution in [2.45, 2.75) is 34.6 Å². The molecule has 2 heterocycles. The topological polar surface area (TPSA) is 79.4 Å². The number of thiazole rings is 1. The second-order valence-electron chi connectivity index (χ2n) is 9.26. The van der Waals surface area contributed by atoms with E-state index in [4.69, 9.17) is 0 Å². The number of carbonyl (C=O) groups excluding carboxylic acids is 3. The van der Waals surface area contributed by atoms with Crippen molar-refractivity contribution in [3.05, 3.63) is 98.4 Å². The Bertz CT molecular complexity index is 1560. The van der Waals surface area contributed by atoms with Crippen molar-refractivity contribution in [3.63, 3.8) is 0 Å². The zero-order valence-corrected chi connectivity index (χ0v) is 21.5. The fourth-order valence-electron chi connectivity index (χ4n) is 4.76. The van der Waals surface area contributed by atoms with Gasteiger partial charge in [0.1, 0.15) is 0 Å². The van der Waals surface area contributed by atoms with E-state index < -0.39 is 5.91 Å². The molecule has 0 spiro atoms. The van der Waals surface area contributed by atoms with Crippen molar-refractivity contribution >= 4 is 39.9 Å². The number of nitrogens with zero attached hydrogens (tertiary/aromatic N) is 2. The summed E-state index contributed by atoms with van der Waals surface area (Å²) in [6, 6.07) is 14.5. The van der Waals surface area contributed by atoms with Gasteiger partial charge in [-0.3, -0.25) is 19.7 Å². The molecule has 3 aromatic carbocycles. The van der Waals surface area contributed by atoms with E-state index in [1.807, 2.05) is 37.4 Å². The lowest BCUT2D eigenvalue weighted by molar-refractivity contribution is 0.0925. The Morgan fingerprint density at radius 2 is 1.50 bits per heavy atom. The first kappa shape index (κ1) is 23.6. The van der Waals surface area contributed by atoms with Crippen LogP contribution in [0.5, 0.6) is 0 Å². The maximum absolute atomic E-state index is 13.2. The molecule has 5 rings (SSSR count). The van der Waals surface area contributed by atoms with Crippen LogP contribution >= 0.6 is 11.3 Å². The highest BCUT2D eigenvalue weighted by molar-refractivity contribution is 7.14. The zero-order valence-electron chi connectivity index (χ0n) is 20.7. The standard InChI is InChI=1S/C29H25N3O3S/c1-15-6-7-17(3)24(12-15)32-27(34)21-9-8-20(13-22(21)28(32)35)26(33)31-29-30-23(14-36-29)25-18(4)10-16(2)11-19(25)5/h6-14H,1-5H3,(H,30,31,33). The molecular formula is C29H25N3O3S. The quantitative estimate of drug-likeness (QED) is 0.332. The summed E-state index contributed by atoms with van der Waals surface area (Å²) < 4.78 is 0. The normalized spacial score (nSPS) is 12.8. The maximum Gasteiger partial charge on any atom is 0.266 e. The number of nitrogens with one attached hydrogen (secondary N) is 1. The smallest absolute Gasteiger partial charge is 0.266 e. The number of rotatable bonds is 4. The summed E-state index contributed by atoms with van der Waals surface area (Å²) in [5.41, 5.74) is 8.46. The molecule has 36 heavy (non-hydrogen) atoms. The molecule has 0 atom stereocenters. The second kappa shape index (κ2) is 8.84. The SMILES string of the molecule is Cc1cc(C)c(-c2csc(NC(=O)c3ccc4c(c3)C(=O)N(c3cc(C)ccc3C)C4=O)n2)c(C)c1. The van der Waals surface area contributed by atoms with E-state index in [9.17, 15) is 14.4 Å². The van der Waals surface area contributed by atoms with Crippen LogP contribution in [0.2, 0.25) is 0 Å². The third-order valence-corrected chi connectivity index (χ3v) is 7.17. The highest BCUT2D eigenvalue weighted by atomic mass is 32.1. The van der Waals surface area contributed by atoms with Gasteiger partial charge in [-0.25, -0.2) is 9.88 Å². The first-order valence-electron chi connectivity index (χ1n) is 11.6. The van der Waals surface area contributed by atoms with Crippen LogP contribution in [0.1, 0.15) is 58.9 Å². The van der Waals surface area contributed by atoms with Crippen molar-refractivity contribution in [3.8, 4) is 11.3 Å². The van der Waals surface area contributed by atoms with E-state index in [-0.39, 0.29) is 22.9 Å². The summed E-state index contributed by atoms with van der Waals surface area (Å²) in [4.78, 5) is 45.1. The Labute approximate surface area is 213 Å². The molecule has 6 nitrogen and oxygen atoms in total. The van der Waals surface area contributed by atoms with Crippen molar-refractivity contribution < 1.29 is 14.4 Å². The second-order valence-corrected chi connectivity index (χ2v) is 10.1. The Kier molecular flexibility index (Phi) is 5.80. The van der Waals surface area contributed by atoms with Gasteiger partial charge in [0.2, 0.25) is 0 Å². The first-order valence-corrected chi connectivity index (χ1v) is 12.5. The average molecular weight is 496 g/mol. The van der Waals surface area contributed by atoms with E-state index in [1.165, 1.54) is 27.9 Å². The zero-order chi connectivity index (χ0) is 25.7. The summed E-state index contributed by atoms with van der Waals surface area (Å²) in [5.74, 6) is -1.20. The number of aromatic nitrogens is 1. The van der Waals surface area contributed by atoms with Gasteiger partial charge in [-0.1, -0.05) is 29.8 Å². The van der Waals surface area contributed by atoms with Gasteiger partial charge < -0.3 is 0 Å². The minimum absolute atomic E-state index is 0.222. The molecule has 3 amide bonds. The lowest BCUT2D eigenvalue weighted by atomic mass is 9.98. The number of hydrogen-bond acceptors (Lipinski definition) is 5.